The van der Waals surface area contributed by atoms with Gasteiger partial charge in [0.2, 0.25) is 5.88 Å². The molecule has 1 aliphatic heterocycles. The van der Waals surface area contributed by atoms with Crippen molar-refractivity contribution in [3.8, 4) is 17.7 Å². The molecule has 1 amide bonds. The van der Waals surface area contributed by atoms with Gasteiger partial charge in [0.15, 0.2) is 0 Å². The van der Waals surface area contributed by atoms with Crippen molar-refractivity contribution in [2.75, 3.05) is 31.6 Å². The molecule has 0 bridgehead atoms. The summed E-state index contributed by atoms with van der Waals surface area (Å²) in [7, 11) is 0. The van der Waals surface area contributed by atoms with Crippen molar-refractivity contribution < 1.29 is 9.53 Å². The minimum Gasteiger partial charge on any atom is -0.476 e. The molecule has 0 unspecified atom stereocenters. The van der Waals surface area contributed by atoms with Crippen molar-refractivity contribution in [1.82, 2.24) is 25.1 Å². The molecular weight excluding hydrogens is 380 g/mol. The van der Waals surface area contributed by atoms with E-state index in [4.69, 9.17) is 4.74 Å². The third-order valence-electron chi connectivity index (χ3n) is 4.72. The Morgan fingerprint density at radius 1 is 1.17 bits per heavy atom. The first-order chi connectivity index (χ1) is 14.8. The van der Waals surface area contributed by atoms with Crippen LogP contribution in [0.15, 0.2) is 49.1 Å². The number of hydrogen-bond acceptors (Lipinski definition) is 6. The van der Waals surface area contributed by atoms with Crippen LogP contribution >= 0.6 is 0 Å². The van der Waals surface area contributed by atoms with Crippen LogP contribution in [-0.2, 0) is 0 Å². The van der Waals surface area contributed by atoms with Crippen molar-refractivity contribution in [1.29, 1.82) is 0 Å². The highest BCUT2D eigenvalue weighted by Crippen LogP contribution is 2.14. The number of H-pyrrole nitrogens is 1. The molecular formula is C22H22N6O2. The van der Waals surface area contributed by atoms with E-state index in [0.717, 1.165) is 25.2 Å². The Labute approximate surface area is 174 Å². The minimum atomic E-state index is -0.340. The number of carbonyl (C=O) groups excluding carboxylic acids is 1. The molecule has 0 saturated carbocycles. The van der Waals surface area contributed by atoms with Gasteiger partial charge in [-0.3, -0.25) is 19.8 Å². The molecule has 2 N–H and O–H groups in total. The largest absolute Gasteiger partial charge is 0.476 e. The van der Waals surface area contributed by atoms with Crippen molar-refractivity contribution in [2.45, 2.75) is 12.8 Å². The van der Waals surface area contributed by atoms with E-state index in [1.54, 1.807) is 36.8 Å². The van der Waals surface area contributed by atoms with E-state index in [1.165, 1.54) is 19.0 Å². The van der Waals surface area contributed by atoms with Crippen LogP contribution < -0.4 is 10.1 Å². The highest BCUT2D eigenvalue weighted by molar-refractivity contribution is 6.04. The minimum absolute atomic E-state index is 0.289. The fourth-order valence-corrected chi connectivity index (χ4v) is 3.15. The number of amides is 1. The number of ether oxygens (including phenoxy) is 1. The molecule has 0 radical (unpaired) electrons. The monoisotopic (exact) mass is 402 g/mol. The Morgan fingerprint density at radius 3 is 2.83 bits per heavy atom. The van der Waals surface area contributed by atoms with E-state index in [1.807, 2.05) is 6.07 Å². The highest BCUT2D eigenvalue weighted by atomic mass is 16.5. The second-order valence-corrected chi connectivity index (χ2v) is 6.89. The third-order valence-corrected chi connectivity index (χ3v) is 4.72. The van der Waals surface area contributed by atoms with Gasteiger partial charge in [0.25, 0.3) is 5.91 Å². The number of likely N-dealkylation sites (tertiary alicyclic amines) is 1. The van der Waals surface area contributed by atoms with Gasteiger partial charge in [-0.15, -0.1) is 0 Å². The molecule has 3 aromatic rings. The number of nitrogens with zero attached hydrogens (tertiary/aromatic N) is 4. The smallest absolute Gasteiger partial charge is 0.275 e. The van der Waals surface area contributed by atoms with Crippen LogP contribution in [0.2, 0.25) is 0 Å². The van der Waals surface area contributed by atoms with E-state index < -0.39 is 0 Å². The third kappa shape index (κ3) is 5.21. The summed E-state index contributed by atoms with van der Waals surface area (Å²) in [5.41, 5.74) is 2.12. The van der Waals surface area contributed by atoms with Crippen LogP contribution in [0.3, 0.4) is 0 Å². The van der Waals surface area contributed by atoms with Gasteiger partial charge in [-0.25, -0.2) is 4.98 Å². The molecule has 4 rings (SSSR count). The summed E-state index contributed by atoms with van der Waals surface area (Å²) in [6.45, 7) is 3.79. The number of pyridine rings is 2. The predicted octanol–water partition coefficient (Wildman–Crippen LogP) is 2.33. The zero-order valence-electron chi connectivity index (χ0n) is 16.5. The molecule has 1 saturated heterocycles. The first-order valence-corrected chi connectivity index (χ1v) is 9.86. The fraction of sp³-hybridized carbons (Fsp3) is 0.273. The maximum Gasteiger partial charge on any atom is 0.275 e. The molecule has 8 nitrogen and oxygen atoms in total. The van der Waals surface area contributed by atoms with Crippen LogP contribution in [0.4, 0.5) is 5.69 Å². The second kappa shape index (κ2) is 9.67. The van der Waals surface area contributed by atoms with Gasteiger partial charge in [0.05, 0.1) is 23.6 Å². The first-order valence-electron chi connectivity index (χ1n) is 9.86. The summed E-state index contributed by atoms with van der Waals surface area (Å²) in [4.78, 5) is 23.2. The average molecular weight is 402 g/mol. The second-order valence-electron chi connectivity index (χ2n) is 6.89. The van der Waals surface area contributed by atoms with Crippen molar-refractivity contribution in [3.63, 3.8) is 0 Å². The average Bonchev–Trinajstić information content (AvgIpc) is 3.46. The molecule has 3 aromatic heterocycles. The Balaban J connectivity index is 1.33. The van der Waals surface area contributed by atoms with Crippen LogP contribution in [0.1, 0.15) is 34.5 Å². The molecule has 30 heavy (non-hydrogen) atoms. The number of hydrogen-bond donors (Lipinski definition) is 2. The van der Waals surface area contributed by atoms with Gasteiger partial charge in [0, 0.05) is 30.6 Å². The summed E-state index contributed by atoms with van der Waals surface area (Å²) in [6.07, 6.45) is 8.96. The van der Waals surface area contributed by atoms with E-state index >= 15 is 0 Å². The van der Waals surface area contributed by atoms with Crippen molar-refractivity contribution >= 4 is 11.6 Å². The van der Waals surface area contributed by atoms with E-state index in [2.05, 4.69) is 42.2 Å². The summed E-state index contributed by atoms with van der Waals surface area (Å²) in [5.74, 6) is 6.11. The summed E-state index contributed by atoms with van der Waals surface area (Å²) >= 11 is 0. The topological polar surface area (TPSA) is 96.0 Å². The zero-order valence-corrected chi connectivity index (χ0v) is 16.5. The molecule has 152 valence electrons. The summed E-state index contributed by atoms with van der Waals surface area (Å²) < 4.78 is 5.69. The van der Waals surface area contributed by atoms with Gasteiger partial charge in [-0.05, 0) is 44.1 Å². The quantitative estimate of drug-likeness (QED) is 0.615. The van der Waals surface area contributed by atoms with Crippen molar-refractivity contribution in [2.24, 2.45) is 0 Å². The van der Waals surface area contributed by atoms with Crippen LogP contribution in [-0.4, -0.2) is 57.2 Å². The molecule has 0 aromatic carbocycles. The van der Waals surface area contributed by atoms with Gasteiger partial charge in [0.1, 0.15) is 12.3 Å². The lowest BCUT2D eigenvalue weighted by molar-refractivity contribution is 0.102. The van der Waals surface area contributed by atoms with Gasteiger partial charge in [-0.2, -0.15) is 5.10 Å². The maximum absolute atomic E-state index is 12.6. The lowest BCUT2D eigenvalue weighted by atomic mass is 10.2. The Morgan fingerprint density at radius 2 is 2.07 bits per heavy atom. The molecule has 0 atom stereocenters. The number of aromatic amines is 1. The Hall–Kier alpha value is -3.70. The number of rotatable bonds is 6. The molecule has 8 heteroatoms. The fourth-order valence-electron chi connectivity index (χ4n) is 3.15. The van der Waals surface area contributed by atoms with Crippen LogP contribution in [0.5, 0.6) is 5.88 Å². The molecule has 0 aliphatic carbocycles. The predicted molar refractivity (Wildman–Crippen MR) is 112 cm³/mol. The number of aromatic nitrogens is 4. The first kappa shape index (κ1) is 19.6. The van der Waals surface area contributed by atoms with E-state index in [-0.39, 0.29) is 11.6 Å². The summed E-state index contributed by atoms with van der Waals surface area (Å²) in [5, 5.41) is 9.43. The van der Waals surface area contributed by atoms with Gasteiger partial charge >= 0.3 is 0 Å². The molecule has 4 heterocycles. The molecule has 1 aliphatic rings. The van der Waals surface area contributed by atoms with Gasteiger partial charge < -0.3 is 10.1 Å². The molecule has 1 fully saturated rings. The number of anilines is 1. The standard InChI is InChI=1S/C22H22N6O2/c29-22(21-18(15-25-27-21)6-5-17-4-3-9-23-14-17)26-19-7-8-20(24-16-19)30-13-12-28-10-1-2-11-28/h3-4,7-9,14-16H,1-2,10-13H2,(H,25,27)(H,26,29). The Kier molecular flexibility index (Phi) is 6.32. The lowest BCUT2D eigenvalue weighted by Crippen LogP contribution is -2.25. The lowest BCUT2D eigenvalue weighted by Gasteiger charge is -2.14. The van der Waals surface area contributed by atoms with Crippen LogP contribution in [0, 0.1) is 11.8 Å². The van der Waals surface area contributed by atoms with E-state index in [9.17, 15) is 4.79 Å². The number of nitrogens with one attached hydrogen (secondary N) is 2. The van der Waals surface area contributed by atoms with Crippen molar-refractivity contribution in [3.05, 3.63) is 65.9 Å². The normalized spacial score (nSPS) is 13.5. The molecule has 0 spiro atoms. The maximum atomic E-state index is 12.6. The Bertz CT molecular complexity index is 1030. The summed E-state index contributed by atoms with van der Waals surface area (Å²) in [6, 6.07) is 7.16. The highest BCUT2D eigenvalue weighted by Gasteiger charge is 2.14. The number of carbonyl (C=O) groups is 1. The zero-order chi connectivity index (χ0) is 20.6. The van der Waals surface area contributed by atoms with Crippen LogP contribution in [0.25, 0.3) is 0 Å². The SMILES string of the molecule is O=C(Nc1ccc(OCCN2CCCC2)nc1)c1[nH]ncc1C#Cc1cccnc1. The van der Waals surface area contributed by atoms with Gasteiger partial charge in [-0.1, -0.05) is 11.8 Å². The van der Waals surface area contributed by atoms with E-state index in [0.29, 0.717) is 23.7 Å².